The molecule has 2 aromatic carbocycles. The third-order valence-corrected chi connectivity index (χ3v) is 6.62. The summed E-state index contributed by atoms with van der Waals surface area (Å²) in [4.78, 5) is 39.2. The Morgan fingerprint density at radius 3 is 2.63 bits per heavy atom. The number of amides is 3. The van der Waals surface area contributed by atoms with Crippen molar-refractivity contribution in [2.75, 3.05) is 13.0 Å². The Morgan fingerprint density at radius 2 is 1.87 bits per heavy atom. The molecule has 3 aliphatic heterocycles. The summed E-state index contributed by atoms with van der Waals surface area (Å²) < 4.78 is 86.4. The van der Waals surface area contributed by atoms with E-state index in [9.17, 15) is 14.4 Å². The van der Waals surface area contributed by atoms with Crippen LogP contribution in [0.3, 0.4) is 0 Å². The lowest BCUT2D eigenvalue weighted by atomic mass is 9.98. The molecule has 202 valence electrons. The van der Waals surface area contributed by atoms with E-state index in [1.54, 1.807) is 18.2 Å². The molecule has 3 aliphatic rings. The second-order valence-electron chi connectivity index (χ2n) is 10.3. The molecule has 0 aliphatic carbocycles. The maximum atomic E-state index is 15.9. The number of ether oxygens (including phenoxy) is 2. The van der Waals surface area contributed by atoms with Crippen LogP contribution in [0.5, 0.6) is 5.75 Å². The summed E-state index contributed by atoms with van der Waals surface area (Å²) in [5, 5.41) is 2.25. The second-order valence-corrected chi connectivity index (χ2v) is 10.3. The number of benzene rings is 2. The SMILES string of the molecule is [2H]C([2H])([2H])C1(C)OC(C)(C)C([2H])([2H])N(Cc2cccc(COc3cccc4c3CN(C3CCC(=O)NC3=O)C4=O)c2F)C1([2H])[2H]. The Hall–Kier alpha value is -3.30. The fraction of sp³-hybridized carbons (Fsp3) is 0.483. The normalized spacial score (nSPS) is 31.1. The number of piperidine rings is 1. The van der Waals surface area contributed by atoms with Gasteiger partial charge in [-0.25, -0.2) is 4.39 Å². The van der Waals surface area contributed by atoms with E-state index in [0.717, 1.165) is 6.92 Å². The quantitative estimate of drug-likeness (QED) is 0.575. The summed E-state index contributed by atoms with van der Waals surface area (Å²) in [6.45, 7) is -5.57. The van der Waals surface area contributed by atoms with Gasteiger partial charge in [0.2, 0.25) is 11.8 Å². The first-order chi connectivity index (χ1) is 20.7. The smallest absolute Gasteiger partial charge is 0.255 e. The van der Waals surface area contributed by atoms with E-state index in [0.29, 0.717) is 16.0 Å². The maximum absolute atomic E-state index is 15.9. The van der Waals surface area contributed by atoms with E-state index >= 15 is 4.39 Å². The Balaban J connectivity index is 1.39. The lowest BCUT2D eigenvalue weighted by molar-refractivity contribution is -0.182. The predicted molar refractivity (Wildman–Crippen MR) is 138 cm³/mol. The van der Waals surface area contributed by atoms with Gasteiger partial charge in [0.15, 0.2) is 0 Å². The molecule has 0 saturated carbocycles. The van der Waals surface area contributed by atoms with Gasteiger partial charge in [-0.2, -0.15) is 0 Å². The van der Waals surface area contributed by atoms with Gasteiger partial charge in [0, 0.05) is 57.8 Å². The number of carbonyl (C=O) groups is 3. The van der Waals surface area contributed by atoms with Crippen LogP contribution in [0.25, 0.3) is 0 Å². The Labute approximate surface area is 231 Å². The average Bonchev–Trinajstić information content (AvgIpc) is 3.26. The van der Waals surface area contributed by atoms with Crippen molar-refractivity contribution in [1.29, 1.82) is 0 Å². The number of morpholine rings is 1. The molecule has 8 nitrogen and oxygen atoms in total. The average molecular weight is 531 g/mol. The van der Waals surface area contributed by atoms with E-state index in [2.05, 4.69) is 5.32 Å². The first kappa shape index (κ1) is 18.9. The monoisotopic (exact) mass is 530 g/mol. The molecule has 0 spiro atoms. The van der Waals surface area contributed by atoms with Gasteiger partial charge in [0.05, 0.1) is 17.7 Å². The van der Waals surface area contributed by atoms with Crippen LogP contribution in [-0.4, -0.2) is 57.8 Å². The van der Waals surface area contributed by atoms with Crippen LogP contribution >= 0.6 is 0 Å². The molecule has 2 unspecified atom stereocenters. The Morgan fingerprint density at radius 1 is 1.13 bits per heavy atom. The van der Waals surface area contributed by atoms with Gasteiger partial charge in [-0.15, -0.1) is 0 Å². The molecule has 3 amide bonds. The number of hydrogen-bond acceptors (Lipinski definition) is 6. The molecule has 38 heavy (non-hydrogen) atoms. The first-order valence-corrected chi connectivity index (χ1v) is 12.4. The number of carbonyl (C=O) groups excluding carboxylic acids is 3. The van der Waals surface area contributed by atoms with Crippen molar-refractivity contribution in [3.05, 3.63) is 64.5 Å². The lowest BCUT2D eigenvalue weighted by Gasteiger charge is -2.47. The van der Waals surface area contributed by atoms with Crippen LogP contribution in [0, 0.1) is 5.82 Å². The predicted octanol–water partition coefficient (Wildman–Crippen LogP) is 3.56. The van der Waals surface area contributed by atoms with Crippen LogP contribution in [-0.2, 0) is 34.0 Å². The van der Waals surface area contributed by atoms with Crippen molar-refractivity contribution in [3.63, 3.8) is 0 Å². The zero-order chi connectivity index (χ0) is 33.3. The molecule has 0 aromatic heterocycles. The largest absolute Gasteiger partial charge is 0.488 e. The van der Waals surface area contributed by atoms with Crippen LogP contribution in [0.1, 0.15) is 77.1 Å². The van der Waals surface area contributed by atoms with Crippen LogP contribution in [0.15, 0.2) is 36.4 Å². The molecule has 2 saturated heterocycles. The van der Waals surface area contributed by atoms with Crippen molar-refractivity contribution in [2.45, 2.75) is 77.4 Å². The summed E-state index contributed by atoms with van der Waals surface area (Å²) in [5.74, 6) is -1.84. The summed E-state index contributed by atoms with van der Waals surface area (Å²) >= 11 is 0. The molecule has 2 atom stereocenters. The highest BCUT2D eigenvalue weighted by atomic mass is 19.1. The molecule has 2 aromatic rings. The highest BCUT2D eigenvalue weighted by Crippen LogP contribution is 2.34. The van der Waals surface area contributed by atoms with Crippen LogP contribution in [0.2, 0.25) is 0 Å². The van der Waals surface area contributed by atoms with Crippen molar-refractivity contribution in [3.8, 4) is 5.75 Å². The molecule has 2 fully saturated rings. The zero-order valence-corrected chi connectivity index (χ0v) is 21.4. The zero-order valence-electron chi connectivity index (χ0n) is 28.4. The van der Waals surface area contributed by atoms with Gasteiger partial charge in [0.25, 0.3) is 5.91 Å². The van der Waals surface area contributed by atoms with E-state index in [1.807, 2.05) is 0 Å². The van der Waals surface area contributed by atoms with Gasteiger partial charge < -0.3 is 14.4 Å². The van der Waals surface area contributed by atoms with E-state index in [4.69, 9.17) is 19.1 Å². The van der Waals surface area contributed by atoms with Gasteiger partial charge in [-0.05, 0) is 46.2 Å². The van der Waals surface area contributed by atoms with Gasteiger partial charge in [-0.3, -0.25) is 24.6 Å². The Bertz CT molecular complexity index is 1570. The molecule has 9 heteroatoms. The molecular weight excluding hydrogens is 489 g/mol. The first-order valence-electron chi connectivity index (χ1n) is 15.9. The van der Waals surface area contributed by atoms with Crippen molar-refractivity contribution in [2.24, 2.45) is 0 Å². The minimum absolute atomic E-state index is 0.0539. The third-order valence-electron chi connectivity index (χ3n) is 6.62. The minimum atomic E-state index is -2.98. The summed E-state index contributed by atoms with van der Waals surface area (Å²) in [6.07, 6.45) is 0.302. The second kappa shape index (κ2) is 9.78. The molecule has 0 radical (unpaired) electrons. The lowest BCUT2D eigenvalue weighted by Crippen LogP contribution is -2.56. The molecular formula is C29H34FN3O5. The Kier molecular flexibility index (Phi) is 4.86. The number of imide groups is 1. The molecule has 3 heterocycles. The highest BCUT2D eigenvalue weighted by molar-refractivity contribution is 6.05. The van der Waals surface area contributed by atoms with Gasteiger partial charge in [0.1, 0.15) is 24.2 Å². The molecule has 5 rings (SSSR count). The van der Waals surface area contributed by atoms with E-state index < -0.39 is 61.3 Å². The number of halogens is 1. The van der Waals surface area contributed by atoms with Crippen molar-refractivity contribution in [1.82, 2.24) is 15.1 Å². The van der Waals surface area contributed by atoms with Gasteiger partial charge in [-0.1, -0.05) is 24.3 Å². The number of hydrogen-bond donors (Lipinski definition) is 1. The minimum Gasteiger partial charge on any atom is -0.488 e. The third kappa shape index (κ3) is 5.31. The van der Waals surface area contributed by atoms with Crippen molar-refractivity contribution >= 4 is 17.7 Å². The van der Waals surface area contributed by atoms with Crippen LogP contribution in [0.4, 0.5) is 4.39 Å². The van der Waals surface area contributed by atoms with Gasteiger partial charge >= 0.3 is 0 Å². The van der Waals surface area contributed by atoms with E-state index in [-0.39, 0.29) is 48.8 Å². The topological polar surface area (TPSA) is 88.2 Å². The summed E-state index contributed by atoms with van der Waals surface area (Å²) in [6, 6.07) is 8.29. The fourth-order valence-electron chi connectivity index (χ4n) is 5.13. The fourth-order valence-corrected chi connectivity index (χ4v) is 5.13. The van der Waals surface area contributed by atoms with Crippen molar-refractivity contribution < 1.29 is 37.8 Å². The standard InChI is InChI=1S/C29H34FN3O5/c1-28(2)16-32(17-29(3,4)38-28)13-18-7-5-8-19(25(18)30)15-37-23-10-6-9-20-21(23)14-33(27(20)36)22-11-12-24(34)31-26(22)35/h5-10,22H,11-17H2,1-4H3,(H,31,34,35)/i1D3,16D2,17D2. The summed E-state index contributed by atoms with van der Waals surface area (Å²) in [5.41, 5.74) is -3.44. The summed E-state index contributed by atoms with van der Waals surface area (Å²) in [7, 11) is 0. The number of fused-ring (bicyclic) bond motifs is 1. The number of nitrogens with one attached hydrogen (secondary N) is 1. The highest BCUT2D eigenvalue weighted by Gasteiger charge is 2.40. The molecule has 1 N–H and O–H groups in total. The number of nitrogens with zero attached hydrogens (tertiary/aromatic N) is 2. The van der Waals surface area contributed by atoms with E-state index in [1.165, 1.54) is 36.9 Å². The van der Waals surface area contributed by atoms with Crippen LogP contribution < -0.4 is 10.1 Å². The number of rotatable bonds is 6. The maximum Gasteiger partial charge on any atom is 0.255 e. The molecule has 0 bridgehead atoms.